The van der Waals surface area contributed by atoms with Gasteiger partial charge in [-0.3, -0.25) is 4.79 Å². The molecule has 1 atom stereocenters. The Hall–Kier alpha value is -1.88. The highest BCUT2D eigenvalue weighted by atomic mass is 32.2. The largest absolute Gasteiger partial charge is 0.480 e. The summed E-state index contributed by atoms with van der Waals surface area (Å²) in [6.45, 7) is -0.00876. The van der Waals surface area contributed by atoms with E-state index in [-0.39, 0.29) is 18.7 Å². The van der Waals surface area contributed by atoms with Crippen molar-refractivity contribution in [2.24, 2.45) is 10.9 Å². The highest BCUT2D eigenvalue weighted by Crippen LogP contribution is 1.91. The molecule has 0 aliphatic rings. The van der Waals surface area contributed by atoms with Crippen LogP contribution in [0.3, 0.4) is 0 Å². The first-order valence-corrected chi connectivity index (χ1v) is 6.89. The first-order chi connectivity index (χ1) is 8.61. The molecule has 19 heavy (non-hydrogen) atoms. The Balaban J connectivity index is 4.07. The number of hydrogen-bond donors (Lipinski definition) is 5. The van der Waals surface area contributed by atoms with Gasteiger partial charge in [0.2, 0.25) is 15.9 Å². The molecule has 0 saturated carbocycles. The zero-order valence-electron chi connectivity index (χ0n) is 9.96. The predicted molar refractivity (Wildman–Crippen MR) is 64.4 cm³/mol. The number of rotatable bonds is 8. The monoisotopic (exact) mass is 296 g/mol. The van der Waals surface area contributed by atoms with Crippen molar-refractivity contribution in [3.8, 4) is 0 Å². The molecule has 10 nitrogen and oxygen atoms in total. The van der Waals surface area contributed by atoms with E-state index in [1.807, 2.05) is 5.32 Å². The molecule has 0 saturated heterocycles. The lowest BCUT2D eigenvalue weighted by molar-refractivity contribution is -0.140. The smallest absolute Gasteiger partial charge is 0.326 e. The van der Waals surface area contributed by atoms with Gasteiger partial charge in [-0.1, -0.05) is 0 Å². The minimum absolute atomic E-state index is 0.00876. The zero-order valence-corrected chi connectivity index (χ0v) is 10.8. The Bertz CT molecular complexity index is 448. The number of carbonyl (C=O) groups excluding carboxylic acids is 2. The number of carboxylic acid groups (broad SMARTS) is 1. The number of carbonyl (C=O) groups is 3. The molecule has 110 valence electrons. The molecule has 3 amide bonds. The maximum atomic E-state index is 11.2. The van der Waals surface area contributed by atoms with E-state index in [1.54, 1.807) is 0 Å². The average Bonchev–Trinajstić information content (AvgIpc) is 2.21. The van der Waals surface area contributed by atoms with E-state index in [2.05, 4.69) is 5.32 Å². The van der Waals surface area contributed by atoms with Crippen molar-refractivity contribution in [3.63, 3.8) is 0 Å². The van der Waals surface area contributed by atoms with Crippen LogP contribution in [-0.2, 0) is 19.6 Å². The number of sulfonamides is 1. The summed E-state index contributed by atoms with van der Waals surface area (Å²) in [5.74, 6) is -2.59. The Kier molecular flexibility index (Phi) is 6.79. The van der Waals surface area contributed by atoms with E-state index in [1.165, 1.54) is 0 Å². The minimum Gasteiger partial charge on any atom is -0.480 e. The van der Waals surface area contributed by atoms with Crippen molar-refractivity contribution in [1.29, 1.82) is 0 Å². The van der Waals surface area contributed by atoms with E-state index < -0.39 is 40.4 Å². The number of primary sulfonamides is 1. The highest BCUT2D eigenvalue weighted by molar-refractivity contribution is 7.89. The van der Waals surface area contributed by atoms with Crippen molar-refractivity contribution >= 4 is 27.9 Å². The molecule has 0 spiro atoms. The SMILES string of the molecule is NC(=O)CC(NC(=O)NCCCS(N)(=O)=O)C(=O)O. The standard InChI is InChI=1S/C8H16N4O6S/c9-6(13)4-5(7(14)15)12-8(16)11-2-1-3-19(10,17)18/h5H,1-4H2,(H2,9,13)(H,14,15)(H2,10,17,18)(H2,11,12,16). The van der Waals surface area contributed by atoms with E-state index in [4.69, 9.17) is 16.0 Å². The number of hydrogen-bond acceptors (Lipinski definition) is 5. The molecule has 0 aliphatic carbocycles. The van der Waals surface area contributed by atoms with E-state index in [9.17, 15) is 22.8 Å². The van der Waals surface area contributed by atoms with Gasteiger partial charge < -0.3 is 21.5 Å². The Morgan fingerprint density at radius 1 is 1.26 bits per heavy atom. The molecule has 0 heterocycles. The number of aliphatic carboxylic acids is 1. The van der Waals surface area contributed by atoms with Crippen LogP contribution in [0.1, 0.15) is 12.8 Å². The van der Waals surface area contributed by atoms with Gasteiger partial charge in [0.1, 0.15) is 6.04 Å². The molecule has 0 aromatic heterocycles. The van der Waals surface area contributed by atoms with E-state index in [0.717, 1.165) is 0 Å². The molecule has 11 heteroatoms. The van der Waals surface area contributed by atoms with Crippen LogP contribution in [0.15, 0.2) is 0 Å². The fourth-order valence-electron chi connectivity index (χ4n) is 1.09. The number of amides is 3. The van der Waals surface area contributed by atoms with Crippen LogP contribution < -0.4 is 21.5 Å². The van der Waals surface area contributed by atoms with E-state index in [0.29, 0.717) is 0 Å². The van der Waals surface area contributed by atoms with Crippen LogP contribution in [0.4, 0.5) is 4.79 Å². The maximum absolute atomic E-state index is 11.2. The summed E-state index contributed by atoms with van der Waals surface area (Å²) in [6.07, 6.45) is -0.459. The highest BCUT2D eigenvalue weighted by Gasteiger charge is 2.21. The Morgan fingerprint density at radius 3 is 2.26 bits per heavy atom. The second-order valence-corrected chi connectivity index (χ2v) is 5.42. The van der Waals surface area contributed by atoms with Crippen LogP contribution in [-0.4, -0.2) is 49.8 Å². The van der Waals surface area contributed by atoms with Crippen LogP contribution in [0, 0.1) is 0 Å². The Morgan fingerprint density at radius 2 is 1.84 bits per heavy atom. The average molecular weight is 296 g/mol. The van der Waals surface area contributed by atoms with Gasteiger partial charge in [0.25, 0.3) is 0 Å². The van der Waals surface area contributed by atoms with Crippen molar-refractivity contribution in [2.45, 2.75) is 18.9 Å². The molecule has 0 aromatic rings. The maximum Gasteiger partial charge on any atom is 0.326 e. The summed E-state index contributed by atoms with van der Waals surface area (Å²) >= 11 is 0. The summed E-state index contributed by atoms with van der Waals surface area (Å²) in [7, 11) is -3.60. The second-order valence-electron chi connectivity index (χ2n) is 3.68. The first-order valence-electron chi connectivity index (χ1n) is 5.18. The summed E-state index contributed by atoms with van der Waals surface area (Å²) < 4.78 is 21.2. The first kappa shape index (κ1) is 17.1. The van der Waals surface area contributed by atoms with Gasteiger partial charge >= 0.3 is 12.0 Å². The fourth-order valence-corrected chi connectivity index (χ4v) is 1.63. The minimum atomic E-state index is -3.60. The normalized spacial score (nSPS) is 12.5. The summed E-state index contributed by atoms with van der Waals surface area (Å²) in [4.78, 5) is 32.5. The van der Waals surface area contributed by atoms with Gasteiger partial charge in [0, 0.05) is 6.54 Å². The molecule has 0 aliphatic heterocycles. The summed E-state index contributed by atoms with van der Waals surface area (Å²) in [6, 6.07) is -2.28. The van der Waals surface area contributed by atoms with Gasteiger partial charge in [-0.2, -0.15) is 0 Å². The lowest BCUT2D eigenvalue weighted by atomic mass is 10.2. The quantitative estimate of drug-likeness (QED) is 0.303. The van der Waals surface area contributed by atoms with Crippen molar-refractivity contribution in [1.82, 2.24) is 10.6 Å². The van der Waals surface area contributed by atoms with Crippen LogP contribution in [0.2, 0.25) is 0 Å². The van der Waals surface area contributed by atoms with Crippen LogP contribution in [0.25, 0.3) is 0 Å². The summed E-state index contributed by atoms with van der Waals surface area (Å²) in [5, 5.41) is 17.7. The third-order valence-electron chi connectivity index (χ3n) is 1.90. The van der Waals surface area contributed by atoms with Crippen molar-refractivity contribution in [3.05, 3.63) is 0 Å². The van der Waals surface area contributed by atoms with Gasteiger partial charge in [0.15, 0.2) is 0 Å². The molecular formula is C8H16N4O6S. The lowest BCUT2D eigenvalue weighted by Gasteiger charge is -2.13. The number of carboxylic acids is 1. The van der Waals surface area contributed by atoms with Gasteiger partial charge in [0.05, 0.1) is 12.2 Å². The van der Waals surface area contributed by atoms with Gasteiger partial charge in [-0.05, 0) is 6.42 Å². The third-order valence-corrected chi connectivity index (χ3v) is 2.76. The molecule has 7 N–H and O–H groups in total. The Labute approximate surface area is 109 Å². The van der Waals surface area contributed by atoms with Gasteiger partial charge in [-0.15, -0.1) is 0 Å². The lowest BCUT2D eigenvalue weighted by Crippen LogP contribution is -2.48. The molecule has 0 rings (SSSR count). The fraction of sp³-hybridized carbons (Fsp3) is 0.625. The van der Waals surface area contributed by atoms with E-state index >= 15 is 0 Å². The van der Waals surface area contributed by atoms with Crippen LogP contribution in [0.5, 0.6) is 0 Å². The van der Waals surface area contributed by atoms with Crippen molar-refractivity contribution < 1.29 is 27.9 Å². The van der Waals surface area contributed by atoms with Gasteiger partial charge in [-0.25, -0.2) is 23.1 Å². The number of nitrogens with two attached hydrogens (primary N) is 2. The predicted octanol–water partition coefficient (Wildman–Crippen LogP) is -2.71. The third kappa shape index (κ3) is 9.79. The molecule has 0 fully saturated rings. The molecule has 1 unspecified atom stereocenters. The molecule has 0 bridgehead atoms. The molecule has 0 radical (unpaired) electrons. The van der Waals surface area contributed by atoms with Crippen LogP contribution >= 0.6 is 0 Å². The molecule has 0 aromatic carbocycles. The number of urea groups is 1. The topological polar surface area (TPSA) is 182 Å². The van der Waals surface area contributed by atoms with Crippen molar-refractivity contribution in [2.75, 3.05) is 12.3 Å². The molecular weight excluding hydrogens is 280 g/mol. The zero-order chi connectivity index (χ0) is 15.1. The number of nitrogens with one attached hydrogen (secondary N) is 2. The summed E-state index contributed by atoms with van der Waals surface area (Å²) in [5.41, 5.74) is 4.82. The second kappa shape index (κ2) is 7.53. The number of primary amides is 1.